The number of hydrogen-bond acceptors (Lipinski definition) is 4. The fourth-order valence-electron chi connectivity index (χ4n) is 2.64. The van der Waals surface area contributed by atoms with Crippen molar-refractivity contribution in [2.45, 2.75) is 6.54 Å². The number of hydrogen-bond donors (Lipinski definition) is 0. The summed E-state index contributed by atoms with van der Waals surface area (Å²) in [5.41, 5.74) is 4.32. The Labute approximate surface area is 111 Å². The van der Waals surface area contributed by atoms with Gasteiger partial charge in [0, 0.05) is 18.5 Å². The summed E-state index contributed by atoms with van der Waals surface area (Å²) in [6, 6.07) is 6.04. The monoisotopic (exact) mass is 266 g/mol. The molecule has 5 nitrogen and oxygen atoms in total. The van der Waals surface area contributed by atoms with Crippen molar-refractivity contribution in [1.82, 2.24) is 19.4 Å². The average Bonchev–Trinajstić information content (AvgIpc) is 3.07. The van der Waals surface area contributed by atoms with E-state index in [0.29, 0.717) is 0 Å². The van der Waals surface area contributed by atoms with Crippen LogP contribution in [0.15, 0.2) is 36.9 Å². The van der Waals surface area contributed by atoms with Crippen molar-refractivity contribution in [3.8, 4) is 10.6 Å². The molecule has 5 rings (SSSR count). The van der Waals surface area contributed by atoms with E-state index in [1.807, 2.05) is 29.1 Å². The molecule has 0 aromatic carbocycles. The number of fused-ring (bicyclic) bond motifs is 7. The van der Waals surface area contributed by atoms with Crippen LogP contribution < -0.4 is 4.57 Å². The number of imidazole rings is 1. The quantitative estimate of drug-likeness (QED) is 0.400. The number of thiazole rings is 1. The van der Waals surface area contributed by atoms with Crippen LogP contribution in [0.1, 0.15) is 5.69 Å². The predicted molar refractivity (Wildman–Crippen MR) is 70.9 cm³/mol. The molecule has 6 heteroatoms. The molecule has 4 aromatic heterocycles. The second kappa shape index (κ2) is 3.16. The van der Waals surface area contributed by atoms with Crippen LogP contribution in [0.2, 0.25) is 0 Å². The second-order valence-corrected chi connectivity index (χ2v) is 5.52. The maximum absolute atomic E-state index is 4.70. The van der Waals surface area contributed by atoms with Crippen molar-refractivity contribution in [2.75, 3.05) is 0 Å². The van der Waals surface area contributed by atoms with Gasteiger partial charge in [-0.3, -0.25) is 4.98 Å². The van der Waals surface area contributed by atoms with Crippen molar-refractivity contribution in [1.29, 1.82) is 0 Å². The molecule has 0 N–H and O–H groups in total. The van der Waals surface area contributed by atoms with Crippen LogP contribution in [-0.4, -0.2) is 19.4 Å². The van der Waals surface area contributed by atoms with Crippen molar-refractivity contribution in [3.05, 3.63) is 42.6 Å². The maximum atomic E-state index is 4.70. The van der Waals surface area contributed by atoms with Gasteiger partial charge >= 0.3 is 5.65 Å². The molecule has 1 aliphatic heterocycles. The van der Waals surface area contributed by atoms with Gasteiger partial charge in [0.05, 0.1) is 11.3 Å². The van der Waals surface area contributed by atoms with E-state index < -0.39 is 0 Å². The molecule has 5 heterocycles. The molecule has 0 unspecified atom stereocenters. The summed E-state index contributed by atoms with van der Waals surface area (Å²) in [7, 11) is 0. The smallest absolute Gasteiger partial charge is 0.256 e. The largest absolute Gasteiger partial charge is 0.362 e. The molecule has 0 spiro atoms. The normalized spacial score (nSPS) is 13.1. The van der Waals surface area contributed by atoms with E-state index in [0.717, 1.165) is 28.4 Å². The van der Waals surface area contributed by atoms with Gasteiger partial charge in [-0.1, -0.05) is 11.3 Å². The van der Waals surface area contributed by atoms with Crippen molar-refractivity contribution in [2.24, 2.45) is 0 Å². The van der Waals surface area contributed by atoms with Gasteiger partial charge < -0.3 is 0 Å². The SMILES string of the molecule is c1cnc2c(c1)-c1sc3c(nc4ccncn43)[n+]1C2. The first-order valence-corrected chi connectivity index (χ1v) is 6.82. The molecular formula is C13H8N5S+. The van der Waals surface area contributed by atoms with Crippen LogP contribution in [0.25, 0.3) is 26.7 Å². The van der Waals surface area contributed by atoms with Gasteiger partial charge in [0.15, 0.2) is 5.01 Å². The van der Waals surface area contributed by atoms with Gasteiger partial charge in [0.25, 0.3) is 5.65 Å². The minimum Gasteiger partial charge on any atom is -0.256 e. The molecule has 0 radical (unpaired) electrons. The number of aromatic nitrogens is 5. The molecule has 4 aromatic rings. The Balaban J connectivity index is 1.93. The van der Waals surface area contributed by atoms with E-state index in [9.17, 15) is 0 Å². The molecule has 19 heavy (non-hydrogen) atoms. The number of nitrogens with zero attached hydrogens (tertiary/aromatic N) is 5. The summed E-state index contributed by atoms with van der Waals surface area (Å²) in [5, 5.41) is 1.24. The Morgan fingerprint density at radius 1 is 1.26 bits per heavy atom. The molecule has 0 fully saturated rings. The van der Waals surface area contributed by atoms with E-state index in [1.165, 1.54) is 10.6 Å². The molecule has 0 atom stereocenters. The van der Waals surface area contributed by atoms with E-state index in [-0.39, 0.29) is 0 Å². The fraction of sp³-hybridized carbons (Fsp3) is 0.0769. The molecule has 1 aliphatic rings. The van der Waals surface area contributed by atoms with Crippen LogP contribution in [-0.2, 0) is 6.54 Å². The lowest BCUT2D eigenvalue weighted by Gasteiger charge is -1.91. The highest BCUT2D eigenvalue weighted by Crippen LogP contribution is 2.34. The Morgan fingerprint density at radius 3 is 3.26 bits per heavy atom. The number of pyridine rings is 1. The summed E-state index contributed by atoms with van der Waals surface area (Å²) in [6.45, 7) is 0.808. The van der Waals surface area contributed by atoms with Crippen LogP contribution >= 0.6 is 11.3 Å². The summed E-state index contributed by atoms with van der Waals surface area (Å²) in [5.74, 6) is 0. The van der Waals surface area contributed by atoms with Crippen molar-refractivity contribution < 1.29 is 4.57 Å². The van der Waals surface area contributed by atoms with Gasteiger partial charge in [0.1, 0.15) is 12.9 Å². The molecule has 0 amide bonds. The minimum absolute atomic E-state index is 0.808. The van der Waals surface area contributed by atoms with Crippen LogP contribution in [0.3, 0.4) is 0 Å². The van der Waals surface area contributed by atoms with E-state index in [1.54, 1.807) is 17.5 Å². The van der Waals surface area contributed by atoms with Crippen LogP contribution in [0.4, 0.5) is 0 Å². The molecule has 0 saturated heterocycles. The molecule has 0 bridgehead atoms. The summed E-state index contributed by atoms with van der Waals surface area (Å²) in [6.07, 6.45) is 5.44. The van der Waals surface area contributed by atoms with E-state index >= 15 is 0 Å². The zero-order valence-corrected chi connectivity index (χ0v) is 10.6. The predicted octanol–water partition coefficient (Wildman–Crippen LogP) is 1.66. The highest BCUT2D eigenvalue weighted by molar-refractivity contribution is 7.20. The first kappa shape index (κ1) is 9.57. The highest BCUT2D eigenvalue weighted by Gasteiger charge is 2.32. The van der Waals surface area contributed by atoms with E-state index in [2.05, 4.69) is 20.6 Å². The first-order valence-electron chi connectivity index (χ1n) is 6.00. The van der Waals surface area contributed by atoms with Gasteiger partial charge in [-0.05, 0) is 17.1 Å². The Kier molecular flexibility index (Phi) is 1.59. The lowest BCUT2D eigenvalue weighted by molar-refractivity contribution is -0.644. The zero-order chi connectivity index (χ0) is 12.4. The summed E-state index contributed by atoms with van der Waals surface area (Å²) >= 11 is 1.75. The van der Waals surface area contributed by atoms with Gasteiger partial charge in [0.2, 0.25) is 4.83 Å². The fourth-order valence-corrected chi connectivity index (χ4v) is 3.86. The molecular weight excluding hydrogens is 258 g/mol. The topological polar surface area (TPSA) is 47.0 Å². The third kappa shape index (κ3) is 1.09. The Morgan fingerprint density at radius 2 is 2.26 bits per heavy atom. The Hall–Kier alpha value is -2.34. The minimum atomic E-state index is 0.808. The molecule has 0 aliphatic carbocycles. The second-order valence-electron chi connectivity index (χ2n) is 4.54. The third-order valence-electron chi connectivity index (χ3n) is 3.49. The average molecular weight is 266 g/mol. The zero-order valence-electron chi connectivity index (χ0n) is 9.82. The Bertz CT molecular complexity index is 952. The lowest BCUT2D eigenvalue weighted by Crippen LogP contribution is -2.30. The van der Waals surface area contributed by atoms with Crippen molar-refractivity contribution >= 4 is 27.5 Å². The van der Waals surface area contributed by atoms with Crippen LogP contribution in [0, 0.1) is 0 Å². The molecule has 0 saturated carbocycles. The van der Waals surface area contributed by atoms with Crippen LogP contribution in [0.5, 0.6) is 0 Å². The number of rotatable bonds is 0. The van der Waals surface area contributed by atoms with Gasteiger partial charge in [-0.25, -0.2) is 14.0 Å². The van der Waals surface area contributed by atoms with Crippen molar-refractivity contribution in [3.63, 3.8) is 0 Å². The third-order valence-corrected chi connectivity index (χ3v) is 4.70. The van der Waals surface area contributed by atoms with Gasteiger partial charge in [-0.2, -0.15) is 0 Å². The first-order chi connectivity index (χ1) is 9.42. The highest BCUT2D eigenvalue weighted by atomic mass is 32.1. The standard InChI is InChI=1S/C13H8N5S/c1-2-8-9(15-4-1)6-17-11-13(19-12(8)17)18-7-14-5-3-10(18)16-11/h1-5,7H,6H2/q+1. The van der Waals surface area contributed by atoms with E-state index in [4.69, 9.17) is 4.98 Å². The lowest BCUT2D eigenvalue weighted by atomic mass is 10.2. The summed E-state index contributed by atoms with van der Waals surface area (Å²) in [4.78, 5) is 14.5. The molecule has 90 valence electrons. The maximum Gasteiger partial charge on any atom is 0.362 e. The summed E-state index contributed by atoms with van der Waals surface area (Å²) < 4.78 is 4.28. The van der Waals surface area contributed by atoms with Gasteiger partial charge in [-0.15, -0.1) is 0 Å².